The molecule has 5 nitrogen and oxygen atoms in total. The molecule has 146 valence electrons. The molecule has 0 bridgehead atoms. The van der Waals surface area contributed by atoms with Crippen molar-refractivity contribution in [2.24, 2.45) is 0 Å². The summed E-state index contributed by atoms with van der Waals surface area (Å²) in [7, 11) is 0. The summed E-state index contributed by atoms with van der Waals surface area (Å²) < 4.78 is 7.28. The first kappa shape index (κ1) is 20.2. The second-order valence-electron chi connectivity index (χ2n) is 7.34. The number of amides is 1. The van der Waals surface area contributed by atoms with Crippen LogP contribution in [0.4, 0.5) is 5.69 Å². The number of hydrogen-bond donors (Lipinski definition) is 1. The maximum absolute atomic E-state index is 12.4. The molecule has 0 atom stereocenters. The zero-order valence-electron chi connectivity index (χ0n) is 15.9. The van der Waals surface area contributed by atoms with E-state index in [-0.39, 0.29) is 17.8 Å². The fourth-order valence-electron chi connectivity index (χ4n) is 2.54. The van der Waals surface area contributed by atoms with Crippen LogP contribution in [0.3, 0.4) is 0 Å². The Balaban J connectivity index is 1.62. The Morgan fingerprint density at radius 2 is 1.71 bits per heavy atom. The highest BCUT2D eigenvalue weighted by Gasteiger charge is 2.15. The lowest BCUT2D eigenvalue weighted by atomic mass is 9.87. The van der Waals surface area contributed by atoms with E-state index in [4.69, 9.17) is 27.9 Å². The zero-order valence-corrected chi connectivity index (χ0v) is 17.4. The molecule has 0 aliphatic heterocycles. The molecule has 1 aromatic heterocycles. The van der Waals surface area contributed by atoms with E-state index in [0.29, 0.717) is 15.7 Å². The van der Waals surface area contributed by atoms with Gasteiger partial charge in [0.1, 0.15) is 5.75 Å². The summed E-state index contributed by atoms with van der Waals surface area (Å²) in [5, 5.41) is 7.64. The van der Waals surface area contributed by atoms with E-state index in [1.54, 1.807) is 35.1 Å². The van der Waals surface area contributed by atoms with Crippen LogP contribution in [-0.2, 0) is 12.1 Å². The molecular weight excluding hydrogens is 397 g/mol. The van der Waals surface area contributed by atoms with Crippen LogP contribution in [0.5, 0.6) is 5.75 Å². The predicted octanol–water partition coefficient (Wildman–Crippen LogP) is 5.78. The van der Waals surface area contributed by atoms with Gasteiger partial charge in [-0.3, -0.25) is 4.79 Å². The van der Waals surface area contributed by atoms with Crippen LogP contribution in [0.1, 0.15) is 36.8 Å². The van der Waals surface area contributed by atoms with E-state index in [0.717, 1.165) is 5.75 Å². The van der Waals surface area contributed by atoms with Gasteiger partial charge in [-0.15, -0.1) is 0 Å². The van der Waals surface area contributed by atoms with Gasteiger partial charge in [-0.05, 0) is 41.3 Å². The second-order valence-corrected chi connectivity index (χ2v) is 8.15. The summed E-state index contributed by atoms with van der Waals surface area (Å²) in [6.45, 7) is 6.67. The minimum atomic E-state index is -0.400. The first-order chi connectivity index (χ1) is 13.2. The van der Waals surface area contributed by atoms with Gasteiger partial charge in [-0.2, -0.15) is 5.10 Å². The van der Waals surface area contributed by atoms with Crippen LogP contribution in [0, 0.1) is 0 Å². The minimum absolute atomic E-state index is 0.0906. The smallest absolute Gasteiger partial charge is 0.276 e. The molecule has 3 rings (SSSR count). The first-order valence-electron chi connectivity index (χ1n) is 8.76. The van der Waals surface area contributed by atoms with Crippen LogP contribution < -0.4 is 10.1 Å². The standard InChI is InChI=1S/C21H21Cl2N3O2/c1-21(2,3)14-7-9-15(10-8-14)28-13-26-12-11-18(25-26)20(27)24-19-16(22)5-4-6-17(19)23/h4-12H,13H2,1-3H3,(H,24,27). The summed E-state index contributed by atoms with van der Waals surface area (Å²) in [6.07, 6.45) is 1.67. The number of rotatable bonds is 5. The SMILES string of the molecule is CC(C)(C)c1ccc(OCn2ccc(C(=O)Nc3c(Cl)cccc3Cl)n2)cc1. The molecule has 1 heterocycles. The molecule has 28 heavy (non-hydrogen) atoms. The topological polar surface area (TPSA) is 56.1 Å². The molecular formula is C21H21Cl2N3O2. The molecule has 0 saturated carbocycles. The number of aromatic nitrogens is 2. The van der Waals surface area contributed by atoms with Crippen molar-refractivity contribution in [2.45, 2.75) is 32.9 Å². The van der Waals surface area contributed by atoms with Gasteiger partial charge < -0.3 is 10.1 Å². The fourth-order valence-corrected chi connectivity index (χ4v) is 3.03. The summed E-state index contributed by atoms with van der Waals surface area (Å²) in [4.78, 5) is 12.4. The predicted molar refractivity (Wildman–Crippen MR) is 112 cm³/mol. The van der Waals surface area contributed by atoms with Gasteiger partial charge >= 0.3 is 0 Å². The number of nitrogens with zero attached hydrogens (tertiary/aromatic N) is 2. The zero-order chi connectivity index (χ0) is 20.3. The molecule has 1 amide bonds. The third-order valence-electron chi connectivity index (χ3n) is 4.16. The number of carbonyl (C=O) groups is 1. The van der Waals surface area contributed by atoms with Crippen molar-refractivity contribution in [3.8, 4) is 5.75 Å². The summed E-state index contributed by atoms with van der Waals surface area (Å²) in [6, 6.07) is 14.6. The highest BCUT2D eigenvalue weighted by molar-refractivity contribution is 6.39. The monoisotopic (exact) mass is 417 g/mol. The number of benzene rings is 2. The van der Waals surface area contributed by atoms with E-state index in [2.05, 4.69) is 31.2 Å². The summed E-state index contributed by atoms with van der Waals surface area (Å²) >= 11 is 12.2. The van der Waals surface area contributed by atoms with Gasteiger partial charge in [-0.25, -0.2) is 4.68 Å². The highest BCUT2D eigenvalue weighted by atomic mass is 35.5. The maximum Gasteiger partial charge on any atom is 0.276 e. The van der Waals surface area contributed by atoms with Crippen molar-refractivity contribution < 1.29 is 9.53 Å². The lowest BCUT2D eigenvalue weighted by Crippen LogP contribution is -2.15. The Morgan fingerprint density at radius 1 is 1.07 bits per heavy atom. The van der Waals surface area contributed by atoms with E-state index in [1.165, 1.54) is 5.56 Å². The lowest BCUT2D eigenvalue weighted by Gasteiger charge is -2.19. The number of halogens is 2. The molecule has 0 aliphatic carbocycles. The Labute approximate surface area is 174 Å². The molecule has 7 heteroatoms. The number of anilines is 1. The molecule has 0 aliphatic rings. The van der Waals surface area contributed by atoms with Crippen molar-refractivity contribution in [3.05, 3.63) is 76.0 Å². The fraction of sp³-hybridized carbons (Fsp3) is 0.238. The number of hydrogen-bond acceptors (Lipinski definition) is 3. The average Bonchev–Trinajstić information content (AvgIpc) is 3.12. The Bertz CT molecular complexity index is 956. The van der Waals surface area contributed by atoms with Crippen molar-refractivity contribution in [1.82, 2.24) is 9.78 Å². The first-order valence-corrected chi connectivity index (χ1v) is 9.52. The minimum Gasteiger partial charge on any atom is -0.471 e. The molecule has 0 spiro atoms. The molecule has 0 radical (unpaired) electrons. The van der Waals surface area contributed by atoms with E-state index in [9.17, 15) is 4.79 Å². The maximum atomic E-state index is 12.4. The van der Waals surface area contributed by atoms with Gasteiger partial charge in [0, 0.05) is 6.20 Å². The summed E-state index contributed by atoms with van der Waals surface area (Å²) in [5.41, 5.74) is 1.92. The normalized spacial score (nSPS) is 11.3. The van der Waals surface area contributed by atoms with Gasteiger partial charge in [0.25, 0.3) is 5.91 Å². The van der Waals surface area contributed by atoms with Crippen LogP contribution in [-0.4, -0.2) is 15.7 Å². The van der Waals surface area contributed by atoms with Crippen molar-refractivity contribution in [3.63, 3.8) is 0 Å². The summed E-state index contributed by atoms with van der Waals surface area (Å²) in [5.74, 6) is 0.334. The van der Waals surface area contributed by atoms with E-state index >= 15 is 0 Å². The molecule has 3 aromatic rings. The molecule has 1 N–H and O–H groups in total. The van der Waals surface area contributed by atoms with Gasteiger partial charge in [-0.1, -0.05) is 62.2 Å². The van der Waals surface area contributed by atoms with E-state index in [1.807, 2.05) is 24.3 Å². The van der Waals surface area contributed by atoms with Gasteiger partial charge in [0.05, 0.1) is 15.7 Å². The van der Waals surface area contributed by atoms with Crippen LogP contribution in [0.15, 0.2) is 54.7 Å². The number of nitrogens with one attached hydrogen (secondary N) is 1. The van der Waals surface area contributed by atoms with Crippen molar-refractivity contribution >= 4 is 34.8 Å². The van der Waals surface area contributed by atoms with Gasteiger partial charge in [0.2, 0.25) is 0 Å². The number of carbonyl (C=O) groups excluding carboxylic acids is 1. The Kier molecular flexibility index (Phi) is 5.96. The Hall–Kier alpha value is -2.50. The van der Waals surface area contributed by atoms with Crippen molar-refractivity contribution in [2.75, 3.05) is 5.32 Å². The molecule has 0 saturated heterocycles. The quantitative estimate of drug-likeness (QED) is 0.572. The molecule has 0 fully saturated rings. The largest absolute Gasteiger partial charge is 0.471 e. The Morgan fingerprint density at radius 3 is 2.32 bits per heavy atom. The average molecular weight is 418 g/mol. The molecule has 0 unspecified atom stereocenters. The van der Waals surface area contributed by atoms with Crippen LogP contribution in [0.25, 0.3) is 0 Å². The second kappa shape index (κ2) is 8.25. The van der Waals surface area contributed by atoms with Gasteiger partial charge in [0.15, 0.2) is 12.4 Å². The molecule has 2 aromatic carbocycles. The van der Waals surface area contributed by atoms with Crippen LogP contribution >= 0.6 is 23.2 Å². The van der Waals surface area contributed by atoms with E-state index < -0.39 is 5.91 Å². The van der Waals surface area contributed by atoms with Crippen molar-refractivity contribution in [1.29, 1.82) is 0 Å². The third kappa shape index (κ3) is 4.86. The third-order valence-corrected chi connectivity index (χ3v) is 4.79. The van der Waals surface area contributed by atoms with Crippen LogP contribution in [0.2, 0.25) is 10.0 Å². The highest BCUT2D eigenvalue weighted by Crippen LogP contribution is 2.30. The number of para-hydroxylation sites is 1. The lowest BCUT2D eigenvalue weighted by molar-refractivity contribution is 0.102. The number of ether oxygens (including phenoxy) is 1.